The minimum absolute atomic E-state index is 1.08. The summed E-state index contributed by atoms with van der Waals surface area (Å²) >= 11 is 0. The summed E-state index contributed by atoms with van der Waals surface area (Å²) in [5.74, 6) is 5.58. The van der Waals surface area contributed by atoms with Gasteiger partial charge >= 0.3 is 0 Å². The molecular weight excluding hydrogens is 204 g/mol. The maximum atomic E-state index is 3.91. The first-order valence-electron chi connectivity index (χ1n) is 5.45. The largest absolute Gasteiger partial charge is 0.0955 e. The van der Waals surface area contributed by atoms with Crippen molar-refractivity contribution in [1.82, 2.24) is 0 Å². The third-order valence-corrected chi connectivity index (χ3v) is 2.17. The van der Waals surface area contributed by atoms with Crippen LogP contribution in [0.1, 0.15) is 18.1 Å². The van der Waals surface area contributed by atoms with E-state index in [9.17, 15) is 0 Å². The molecule has 0 spiro atoms. The van der Waals surface area contributed by atoms with Gasteiger partial charge in [0.25, 0.3) is 0 Å². The molecule has 0 fully saturated rings. The van der Waals surface area contributed by atoms with Crippen molar-refractivity contribution in [2.45, 2.75) is 6.92 Å². The predicted octanol–water partition coefficient (Wildman–Crippen LogP) is 4.48. The molecule has 1 rings (SSSR count). The lowest BCUT2D eigenvalue weighted by Crippen LogP contribution is -1.77. The Morgan fingerprint density at radius 2 is 1.82 bits per heavy atom. The molecule has 0 heteroatoms. The Bertz CT molecular complexity index is 499. The summed E-state index contributed by atoms with van der Waals surface area (Å²) in [6, 6.07) is 8.29. The van der Waals surface area contributed by atoms with Crippen LogP contribution in [0.25, 0.3) is 11.6 Å². The van der Waals surface area contributed by atoms with Crippen molar-refractivity contribution in [1.29, 1.82) is 0 Å². The maximum Gasteiger partial charge on any atom is -0.0115 e. The molecule has 1 aromatic carbocycles. The highest BCUT2D eigenvalue weighted by Crippen LogP contribution is 2.13. The predicted molar refractivity (Wildman–Crippen MR) is 77.3 cm³/mol. The first kappa shape index (κ1) is 12.8. The van der Waals surface area contributed by atoms with Crippen molar-refractivity contribution < 1.29 is 0 Å². The number of benzene rings is 1. The van der Waals surface area contributed by atoms with E-state index in [2.05, 4.69) is 49.3 Å². The van der Waals surface area contributed by atoms with Gasteiger partial charge in [-0.2, -0.15) is 0 Å². The van der Waals surface area contributed by atoms with Crippen LogP contribution in [0.2, 0.25) is 0 Å². The highest BCUT2D eigenvalue weighted by molar-refractivity contribution is 5.63. The van der Waals surface area contributed by atoms with Crippen LogP contribution >= 0.6 is 0 Å². The first-order valence-corrected chi connectivity index (χ1v) is 5.45. The fourth-order valence-electron chi connectivity index (χ4n) is 1.26. The maximum absolute atomic E-state index is 3.91. The Hall–Kier alpha value is -2.26. The average molecular weight is 220 g/mol. The third kappa shape index (κ3) is 4.86. The van der Waals surface area contributed by atoms with E-state index < -0.39 is 0 Å². The van der Waals surface area contributed by atoms with Gasteiger partial charge in [0, 0.05) is 0 Å². The van der Waals surface area contributed by atoms with Gasteiger partial charge in [-0.25, -0.2) is 0 Å². The molecule has 0 aliphatic carbocycles. The quantitative estimate of drug-likeness (QED) is 0.520. The van der Waals surface area contributed by atoms with E-state index in [1.54, 1.807) is 12.2 Å². The first-order chi connectivity index (χ1) is 8.24. The van der Waals surface area contributed by atoms with E-state index in [1.165, 1.54) is 5.56 Å². The third-order valence-electron chi connectivity index (χ3n) is 2.17. The highest BCUT2D eigenvalue weighted by atomic mass is 14.0. The van der Waals surface area contributed by atoms with Crippen molar-refractivity contribution in [2.24, 2.45) is 0 Å². The smallest absolute Gasteiger partial charge is 0.0115 e. The fourth-order valence-corrected chi connectivity index (χ4v) is 1.26. The summed E-state index contributed by atoms with van der Waals surface area (Å²) in [6.45, 7) is 9.43. The summed E-state index contributed by atoms with van der Waals surface area (Å²) in [5, 5.41) is 0. The lowest BCUT2D eigenvalue weighted by Gasteiger charge is -1.99. The molecule has 1 aromatic rings. The molecule has 0 aliphatic heterocycles. The molecule has 0 nitrogen and oxygen atoms in total. The van der Waals surface area contributed by atoms with Gasteiger partial charge in [0.15, 0.2) is 0 Å². The van der Waals surface area contributed by atoms with Crippen LogP contribution in [-0.4, -0.2) is 0 Å². The number of allylic oxidation sites excluding steroid dienone is 5. The van der Waals surface area contributed by atoms with Gasteiger partial charge in [0.1, 0.15) is 0 Å². The van der Waals surface area contributed by atoms with Gasteiger partial charge in [-0.1, -0.05) is 73.1 Å². The number of rotatable bonds is 3. The second-order valence-corrected chi connectivity index (χ2v) is 3.61. The molecule has 0 saturated heterocycles. The van der Waals surface area contributed by atoms with E-state index in [1.807, 2.05) is 25.2 Å². The summed E-state index contributed by atoms with van der Waals surface area (Å²) in [5.41, 5.74) is 3.42. The molecule has 0 aromatic heterocycles. The molecule has 0 saturated carbocycles. The van der Waals surface area contributed by atoms with Crippen LogP contribution in [0.4, 0.5) is 0 Å². The lowest BCUT2D eigenvalue weighted by atomic mass is 10.1. The van der Waals surface area contributed by atoms with Gasteiger partial charge in [0.2, 0.25) is 0 Å². The standard InChI is InChI=1S/C17H16/c1-4-5-6-7-8-9-10-16-11-13-17(14-12-16)15(2)3/h4,7-14H,1-2H2,3H3/b8-7+,10-9+. The van der Waals surface area contributed by atoms with Crippen LogP contribution in [0.15, 0.2) is 61.7 Å². The van der Waals surface area contributed by atoms with Gasteiger partial charge < -0.3 is 0 Å². The molecule has 0 radical (unpaired) electrons. The van der Waals surface area contributed by atoms with Gasteiger partial charge in [-0.15, -0.1) is 0 Å². The minimum Gasteiger partial charge on any atom is -0.0955 e. The van der Waals surface area contributed by atoms with Crippen molar-refractivity contribution in [3.05, 3.63) is 72.9 Å². The Kier molecular flexibility index (Phi) is 5.34. The fraction of sp³-hybridized carbons (Fsp3) is 0.0588. The molecule has 17 heavy (non-hydrogen) atoms. The van der Waals surface area contributed by atoms with Crippen LogP contribution < -0.4 is 0 Å². The molecule has 0 bridgehead atoms. The van der Waals surface area contributed by atoms with Crippen LogP contribution in [-0.2, 0) is 0 Å². The average Bonchev–Trinajstić information content (AvgIpc) is 2.34. The Morgan fingerprint density at radius 1 is 1.12 bits per heavy atom. The van der Waals surface area contributed by atoms with E-state index >= 15 is 0 Å². The van der Waals surface area contributed by atoms with E-state index in [-0.39, 0.29) is 0 Å². The Labute approximate surface area is 104 Å². The van der Waals surface area contributed by atoms with Crippen molar-refractivity contribution >= 4 is 11.6 Å². The normalized spacial score (nSPS) is 10.2. The number of hydrogen-bond acceptors (Lipinski definition) is 0. The van der Waals surface area contributed by atoms with Crippen molar-refractivity contribution in [2.75, 3.05) is 0 Å². The Balaban J connectivity index is 2.63. The van der Waals surface area contributed by atoms with Gasteiger partial charge in [-0.05, 0) is 30.2 Å². The van der Waals surface area contributed by atoms with Crippen LogP contribution in [0, 0.1) is 11.8 Å². The Morgan fingerprint density at radius 3 is 2.41 bits per heavy atom. The van der Waals surface area contributed by atoms with Crippen LogP contribution in [0.5, 0.6) is 0 Å². The summed E-state index contributed by atoms with van der Waals surface area (Å²) in [7, 11) is 0. The summed E-state index contributed by atoms with van der Waals surface area (Å²) < 4.78 is 0. The zero-order valence-corrected chi connectivity index (χ0v) is 10.1. The molecule has 0 N–H and O–H groups in total. The second-order valence-electron chi connectivity index (χ2n) is 3.61. The van der Waals surface area contributed by atoms with E-state index in [0.717, 1.165) is 11.1 Å². The van der Waals surface area contributed by atoms with Gasteiger partial charge in [0.05, 0.1) is 0 Å². The topological polar surface area (TPSA) is 0 Å². The SMILES string of the molecule is C=CC#C/C=C/C=C/c1ccc(C(=C)C)cc1. The molecule has 0 heterocycles. The van der Waals surface area contributed by atoms with E-state index in [4.69, 9.17) is 0 Å². The van der Waals surface area contributed by atoms with E-state index in [0.29, 0.717) is 0 Å². The summed E-state index contributed by atoms with van der Waals surface area (Å²) in [6.07, 6.45) is 9.27. The molecule has 0 amide bonds. The van der Waals surface area contributed by atoms with Crippen molar-refractivity contribution in [3.63, 3.8) is 0 Å². The zero-order chi connectivity index (χ0) is 12.5. The molecule has 0 aliphatic rings. The van der Waals surface area contributed by atoms with Gasteiger partial charge in [-0.3, -0.25) is 0 Å². The number of hydrogen-bond donors (Lipinski definition) is 0. The molecule has 0 unspecified atom stereocenters. The zero-order valence-electron chi connectivity index (χ0n) is 10.1. The lowest BCUT2D eigenvalue weighted by molar-refractivity contribution is 1.56. The summed E-state index contributed by atoms with van der Waals surface area (Å²) in [4.78, 5) is 0. The van der Waals surface area contributed by atoms with Crippen molar-refractivity contribution in [3.8, 4) is 11.8 Å². The molecular formula is C17H16. The monoisotopic (exact) mass is 220 g/mol. The second kappa shape index (κ2) is 7.09. The van der Waals surface area contributed by atoms with Crippen LogP contribution in [0.3, 0.4) is 0 Å². The highest BCUT2D eigenvalue weighted by Gasteiger charge is 1.91. The molecule has 0 atom stereocenters. The minimum atomic E-state index is 1.08. The molecule has 84 valence electrons.